The van der Waals surface area contributed by atoms with E-state index in [4.69, 9.17) is 9.47 Å². The zero-order valence-electron chi connectivity index (χ0n) is 13.8. The van der Waals surface area contributed by atoms with Gasteiger partial charge in [0.05, 0.1) is 19.5 Å². The highest BCUT2D eigenvalue weighted by Crippen LogP contribution is 2.28. The van der Waals surface area contributed by atoms with E-state index >= 15 is 0 Å². The molecule has 3 aromatic rings. The summed E-state index contributed by atoms with van der Waals surface area (Å²) in [5, 5.41) is 10.4. The summed E-state index contributed by atoms with van der Waals surface area (Å²) in [4.78, 5) is 16.2. The van der Waals surface area contributed by atoms with Crippen molar-refractivity contribution in [3.05, 3.63) is 48.6 Å². The number of nitrogens with one attached hydrogen (secondary N) is 1. The van der Waals surface area contributed by atoms with Crippen molar-refractivity contribution in [1.29, 1.82) is 0 Å². The number of benzene rings is 1. The molecular formula is C17H17N5O3. The maximum atomic E-state index is 12.2. The van der Waals surface area contributed by atoms with E-state index in [9.17, 15) is 4.79 Å². The average Bonchev–Trinajstić information content (AvgIpc) is 3.10. The van der Waals surface area contributed by atoms with Crippen LogP contribution in [0.2, 0.25) is 0 Å². The normalized spacial score (nSPS) is 11.0. The SMILES string of the molecule is CC=Cc1ccc(OCC(=O)Nc2cncc3nncn23)c(OC)c1. The molecule has 0 saturated carbocycles. The van der Waals surface area contributed by atoms with Crippen molar-refractivity contribution in [3.63, 3.8) is 0 Å². The van der Waals surface area contributed by atoms with Crippen molar-refractivity contribution in [2.45, 2.75) is 6.92 Å². The van der Waals surface area contributed by atoms with Crippen molar-refractivity contribution in [3.8, 4) is 11.5 Å². The molecule has 1 amide bonds. The Kier molecular flexibility index (Phi) is 4.89. The fourth-order valence-corrected chi connectivity index (χ4v) is 2.27. The van der Waals surface area contributed by atoms with Crippen LogP contribution >= 0.6 is 0 Å². The van der Waals surface area contributed by atoms with Gasteiger partial charge in [-0.1, -0.05) is 18.2 Å². The van der Waals surface area contributed by atoms with Crippen LogP contribution in [0.4, 0.5) is 5.82 Å². The van der Waals surface area contributed by atoms with E-state index in [1.54, 1.807) is 23.8 Å². The average molecular weight is 339 g/mol. The molecule has 128 valence electrons. The van der Waals surface area contributed by atoms with Crippen molar-refractivity contribution >= 4 is 23.4 Å². The molecule has 3 rings (SSSR count). The molecular weight excluding hydrogens is 322 g/mol. The summed E-state index contributed by atoms with van der Waals surface area (Å²) in [6, 6.07) is 5.50. The molecule has 1 aromatic carbocycles. The molecule has 0 spiro atoms. The zero-order valence-corrected chi connectivity index (χ0v) is 13.8. The summed E-state index contributed by atoms with van der Waals surface area (Å²) in [7, 11) is 1.56. The number of allylic oxidation sites excluding steroid dienone is 1. The third-order valence-corrected chi connectivity index (χ3v) is 3.39. The number of methoxy groups -OCH3 is 1. The van der Waals surface area contributed by atoms with Crippen LogP contribution in [-0.4, -0.2) is 39.2 Å². The second-order valence-corrected chi connectivity index (χ2v) is 5.10. The Labute approximate surface area is 144 Å². The monoisotopic (exact) mass is 339 g/mol. The second-order valence-electron chi connectivity index (χ2n) is 5.10. The number of rotatable bonds is 6. The van der Waals surface area contributed by atoms with E-state index in [1.807, 2.05) is 31.2 Å². The van der Waals surface area contributed by atoms with Crippen molar-refractivity contribution < 1.29 is 14.3 Å². The fraction of sp³-hybridized carbons (Fsp3) is 0.176. The van der Waals surface area contributed by atoms with Gasteiger partial charge in [-0.2, -0.15) is 0 Å². The van der Waals surface area contributed by atoms with Crippen molar-refractivity contribution in [2.24, 2.45) is 0 Å². The van der Waals surface area contributed by atoms with Crippen LogP contribution in [0.5, 0.6) is 11.5 Å². The number of carbonyl (C=O) groups is 1. The van der Waals surface area contributed by atoms with Crippen molar-refractivity contribution in [2.75, 3.05) is 19.0 Å². The highest BCUT2D eigenvalue weighted by Gasteiger charge is 2.10. The van der Waals surface area contributed by atoms with Crippen LogP contribution in [0.25, 0.3) is 11.7 Å². The molecule has 0 aliphatic rings. The Morgan fingerprint density at radius 1 is 1.32 bits per heavy atom. The second kappa shape index (κ2) is 7.43. The molecule has 0 bridgehead atoms. The Hall–Kier alpha value is -3.42. The predicted octanol–water partition coefficient (Wildman–Crippen LogP) is 2.18. The van der Waals surface area contributed by atoms with Crippen LogP contribution in [0.1, 0.15) is 12.5 Å². The highest BCUT2D eigenvalue weighted by molar-refractivity contribution is 5.91. The van der Waals surface area contributed by atoms with Gasteiger partial charge in [-0.05, 0) is 24.6 Å². The quantitative estimate of drug-likeness (QED) is 0.740. The van der Waals surface area contributed by atoms with Gasteiger partial charge < -0.3 is 14.8 Å². The number of amides is 1. The molecule has 1 N–H and O–H groups in total. The van der Waals surface area contributed by atoms with Gasteiger partial charge in [0, 0.05) is 0 Å². The molecule has 0 aliphatic heterocycles. The smallest absolute Gasteiger partial charge is 0.263 e. The van der Waals surface area contributed by atoms with Gasteiger partial charge in [0.15, 0.2) is 23.8 Å². The van der Waals surface area contributed by atoms with Crippen LogP contribution < -0.4 is 14.8 Å². The maximum Gasteiger partial charge on any atom is 0.263 e. The summed E-state index contributed by atoms with van der Waals surface area (Å²) in [5.41, 5.74) is 1.53. The summed E-state index contributed by atoms with van der Waals surface area (Å²) >= 11 is 0. The maximum absolute atomic E-state index is 12.2. The Balaban J connectivity index is 1.67. The van der Waals surface area contributed by atoms with Gasteiger partial charge in [0.1, 0.15) is 12.1 Å². The van der Waals surface area contributed by atoms with Gasteiger partial charge >= 0.3 is 0 Å². The summed E-state index contributed by atoms with van der Waals surface area (Å²) in [5.74, 6) is 1.19. The Morgan fingerprint density at radius 2 is 2.20 bits per heavy atom. The molecule has 0 unspecified atom stereocenters. The first-order chi connectivity index (χ1) is 12.2. The number of ether oxygens (including phenoxy) is 2. The topological polar surface area (TPSA) is 90.6 Å². The minimum atomic E-state index is -0.331. The molecule has 2 heterocycles. The largest absolute Gasteiger partial charge is 0.493 e. The molecule has 8 nitrogen and oxygen atoms in total. The molecule has 0 saturated heterocycles. The number of hydrogen-bond donors (Lipinski definition) is 1. The number of anilines is 1. The summed E-state index contributed by atoms with van der Waals surface area (Å²) in [6.45, 7) is 1.77. The van der Waals surface area contributed by atoms with E-state index in [0.29, 0.717) is 23.0 Å². The molecule has 0 aliphatic carbocycles. The van der Waals surface area contributed by atoms with Crippen LogP contribution in [0, 0.1) is 0 Å². The van der Waals surface area contributed by atoms with Crippen LogP contribution in [0.3, 0.4) is 0 Å². The molecule has 0 fully saturated rings. The van der Waals surface area contributed by atoms with Gasteiger partial charge in [-0.3, -0.25) is 14.2 Å². The molecule has 8 heteroatoms. The lowest BCUT2D eigenvalue weighted by Gasteiger charge is -2.12. The van der Waals surface area contributed by atoms with Gasteiger partial charge in [0.25, 0.3) is 5.91 Å². The van der Waals surface area contributed by atoms with Gasteiger partial charge in [-0.25, -0.2) is 0 Å². The predicted molar refractivity (Wildman–Crippen MR) is 92.6 cm³/mol. The van der Waals surface area contributed by atoms with Gasteiger partial charge in [0.2, 0.25) is 0 Å². The van der Waals surface area contributed by atoms with Crippen LogP contribution in [0.15, 0.2) is 43.0 Å². The van der Waals surface area contributed by atoms with E-state index in [0.717, 1.165) is 5.56 Å². The van der Waals surface area contributed by atoms with Crippen molar-refractivity contribution in [1.82, 2.24) is 19.6 Å². The number of nitrogens with zero attached hydrogens (tertiary/aromatic N) is 4. The standard InChI is InChI=1S/C17H17N5O3/c1-3-4-12-5-6-13(14(7-12)24-2)25-10-17(23)20-15-8-18-9-16-21-19-11-22(15)16/h3-9,11H,10H2,1-2H3,(H,20,23). The Morgan fingerprint density at radius 3 is 3.00 bits per heavy atom. The minimum absolute atomic E-state index is 0.169. The number of hydrogen-bond acceptors (Lipinski definition) is 6. The lowest BCUT2D eigenvalue weighted by molar-refractivity contribution is -0.118. The number of carbonyl (C=O) groups excluding carboxylic acids is 1. The Bertz CT molecular complexity index is 920. The molecule has 0 radical (unpaired) electrons. The van der Waals surface area contributed by atoms with E-state index in [2.05, 4.69) is 20.5 Å². The van der Waals surface area contributed by atoms with E-state index in [1.165, 1.54) is 12.5 Å². The first-order valence-corrected chi connectivity index (χ1v) is 7.58. The third-order valence-electron chi connectivity index (χ3n) is 3.39. The molecule has 0 atom stereocenters. The minimum Gasteiger partial charge on any atom is -0.493 e. The summed E-state index contributed by atoms with van der Waals surface area (Å²) in [6.07, 6.45) is 8.45. The lowest BCUT2D eigenvalue weighted by Crippen LogP contribution is -2.21. The highest BCUT2D eigenvalue weighted by atomic mass is 16.5. The first kappa shape index (κ1) is 16.4. The van der Waals surface area contributed by atoms with E-state index < -0.39 is 0 Å². The molecule has 25 heavy (non-hydrogen) atoms. The molecule has 2 aromatic heterocycles. The first-order valence-electron chi connectivity index (χ1n) is 7.58. The third kappa shape index (κ3) is 3.74. The number of aromatic nitrogens is 4. The number of fused-ring (bicyclic) bond motifs is 1. The zero-order chi connectivity index (χ0) is 17.6. The summed E-state index contributed by atoms with van der Waals surface area (Å²) < 4.78 is 12.5. The lowest BCUT2D eigenvalue weighted by atomic mass is 10.2. The van der Waals surface area contributed by atoms with E-state index in [-0.39, 0.29) is 12.5 Å². The van der Waals surface area contributed by atoms with Crippen LogP contribution in [-0.2, 0) is 4.79 Å². The van der Waals surface area contributed by atoms with Gasteiger partial charge in [-0.15, -0.1) is 10.2 Å². The fourth-order valence-electron chi connectivity index (χ4n) is 2.27.